The zero-order chi connectivity index (χ0) is 27.4. The Hall–Kier alpha value is -3.76. The number of nitrogens with zero attached hydrogens (tertiary/aromatic N) is 1. The highest BCUT2D eigenvalue weighted by atomic mass is 32.2. The van der Waals surface area contributed by atoms with Crippen molar-refractivity contribution in [2.45, 2.75) is 46.2 Å². The molecule has 0 spiro atoms. The normalized spacial score (nSPS) is 13.7. The predicted octanol–water partition coefficient (Wildman–Crippen LogP) is 4.81. The molecule has 0 unspecified atom stereocenters. The molecule has 0 radical (unpaired) electrons. The average Bonchev–Trinajstić information content (AvgIpc) is 3.67. The van der Waals surface area contributed by atoms with E-state index in [4.69, 9.17) is 4.42 Å². The molecule has 1 aliphatic carbocycles. The topological polar surface area (TPSA) is 110 Å². The molecule has 10 heteroatoms. The van der Waals surface area contributed by atoms with E-state index in [9.17, 15) is 22.4 Å². The highest BCUT2D eigenvalue weighted by molar-refractivity contribution is 7.88. The summed E-state index contributed by atoms with van der Waals surface area (Å²) in [4.78, 5) is 26.9. The number of halogens is 1. The van der Waals surface area contributed by atoms with E-state index in [0.717, 1.165) is 24.7 Å². The molecule has 1 saturated carbocycles. The summed E-state index contributed by atoms with van der Waals surface area (Å²) < 4.78 is 48.0. The maximum atomic E-state index is 14.8. The van der Waals surface area contributed by atoms with Gasteiger partial charge in [0.2, 0.25) is 10.0 Å². The molecular weight excluding hydrogens is 509 g/mol. The van der Waals surface area contributed by atoms with Crippen LogP contribution >= 0.6 is 0 Å². The molecule has 0 aliphatic heterocycles. The molecule has 0 amide bonds. The van der Waals surface area contributed by atoms with Crippen LogP contribution in [0.5, 0.6) is 0 Å². The highest BCUT2D eigenvalue weighted by Gasteiger charge is 2.31. The third-order valence-electron chi connectivity index (χ3n) is 6.79. The number of sulfonamides is 1. The van der Waals surface area contributed by atoms with E-state index in [0.29, 0.717) is 22.4 Å². The van der Waals surface area contributed by atoms with Gasteiger partial charge in [0.25, 0.3) is 5.56 Å². The Kier molecular flexibility index (Phi) is 6.48. The third-order valence-corrected chi connectivity index (χ3v) is 7.46. The van der Waals surface area contributed by atoms with Crippen molar-refractivity contribution in [3.63, 3.8) is 0 Å². The first-order valence-corrected chi connectivity index (χ1v) is 14.1. The molecule has 1 fully saturated rings. The molecule has 2 heterocycles. The number of aromatic nitrogens is 1. The zero-order valence-corrected chi connectivity index (χ0v) is 22.3. The van der Waals surface area contributed by atoms with Crippen molar-refractivity contribution in [2.75, 3.05) is 11.6 Å². The van der Waals surface area contributed by atoms with Gasteiger partial charge in [-0.25, -0.2) is 22.3 Å². The van der Waals surface area contributed by atoms with Gasteiger partial charge >= 0.3 is 5.63 Å². The first-order valence-electron chi connectivity index (χ1n) is 12.2. The maximum absolute atomic E-state index is 14.8. The van der Waals surface area contributed by atoms with E-state index >= 15 is 0 Å². The largest absolute Gasteiger partial charge is 0.421 e. The molecule has 5 rings (SSSR count). The lowest BCUT2D eigenvalue weighted by molar-refractivity contribution is 0.552. The van der Waals surface area contributed by atoms with Crippen LogP contribution < -0.4 is 21.2 Å². The van der Waals surface area contributed by atoms with Gasteiger partial charge < -0.3 is 14.3 Å². The van der Waals surface area contributed by atoms with Crippen LogP contribution in [0.4, 0.5) is 15.8 Å². The summed E-state index contributed by atoms with van der Waals surface area (Å²) in [6, 6.07) is 11.9. The van der Waals surface area contributed by atoms with E-state index in [2.05, 4.69) is 10.0 Å². The van der Waals surface area contributed by atoms with Gasteiger partial charge in [0, 0.05) is 23.8 Å². The van der Waals surface area contributed by atoms with E-state index in [1.54, 1.807) is 41.8 Å². The van der Waals surface area contributed by atoms with Crippen molar-refractivity contribution >= 4 is 32.4 Å². The van der Waals surface area contributed by atoms with Gasteiger partial charge in [-0.2, -0.15) is 0 Å². The minimum absolute atomic E-state index is 0.0110. The Morgan fingerprint density at radius 2 is 1.82 bits per heavy atom. The van der Waals surface area contributed by atoms with E-state index in [1.165, 1.54) is 13.0 Å². The highest BCUT2D eigenvalue weighted by Crippen LogP contribution is 2.40. The molecule has 2 aromatic heterocycles. The Labute approximate surface area is 219 Å². The number of rotatable bonds is 7. The molecule has 8 nitrogen and oxygen atoms in total. The molecule has 0 atom stereocenters. The van der Waals surface area contributed by atoms with Gasteiger partial charge in [-0.3, -0.25) is 4.79 Å². The monoisotopic (exact) mass is 537 g/mol. The lowest BCUT2D eigenvalue weighted by atomic mass is 9.98. The van der Waals surface area contributed by atoms with Crippen LogP contribution in [-0.2, 0) is 16.6 Å². The van der Waals surface area contributed by atoms with Crippen LogP contribution in [0.2, 0.25) is 0 Å². The lowest BCUT2D eigenvalue weighted by Crippen LogP contribution is -2.25. The molecular formula is C28H28FN3O5S. The van der Waals surface area contributed by atoms with Crippen LogP contribution in [-0.4, -0.2) is 19.2 Å². The van der Waals surface area contributed by atoms with Crippen molar-refractivity contribution in [3.8, 4) is 11.1 Å². The third kappa shape index (κ3) is 4.89. The number of nitrogens with one attached hydrogen (secondary N) is 2. The summed E-state index contributed by atoms with van der Waals surface area (Å²) in [5.74, 6) is -0.508. The fourth-order valence-electron chi connectivity index (χ4n) is 4.74. The smallest absolute Gasteiger partial charge is 0.341 e. The molecule has 0 saturated heterocycles. The van der Waals surface area contributed by atoms with E-state index in [1.807, 2.05) is 13.0 Å². The van der Waals surface area contributed by atoms with Crippen LogP contribution in [0.15, 0.2) is 56.5 Å². The molecule has 2 N–H and O–H groups in total. The number of benzene rings is 2. The van der Waals surface area contributed by atoms with Crippen molar-refractivity contribution in [3.05, 3.63) is 91.4 Å². The molecule has 198 valence electrons. The number of aryl methyl sites for hydroxylation is 1. The van der Waals surface area contributed by atoms with Crippen LogP contribution in [0, 0.1) is 26.6 Å². The van der Waals surface area contributed by atoms with Crippen molar-refractivity contribution in [1.82, 2.24) is 9.29 Å². The fourth-order valence-corrected chi connectivity index (χ4v) is 5.17. The second kappa shape index (κ2) is 9.52. The summed E-state index contributed by atoms with van der Waals surface area (Å²) in [6.45, 7) is 5.20. The summed E-state index contributed by atoms with van der Waals surface area (Å²) in [5, 5.41) is 3.16. The Morgan fingerprint density at radius 3 is 2.47 bits per heavy atom. The molecule has 38 heavy (non-hydrogen) atoms. The second-order valence-electron chi connectivity index (χ2n) is 9.86. The standard InChI is InChI=1S/C28H28FN3O5S/c1-15-8-11-22(21(29)12-15)31-25-16(2)28(34)37-26-23(17(3)32(20-9-10-20)27(33)24(25)26)19-7-5-6-18(13-19)14-30-38(4,35)36/h5-8,11-13,20,30-31H,9-10,14H2,1-4H3. The summed E-state index contributed by atoms with van der Waals surface area (Å²) >= 11 is 0. The summed E-state index contributed by atoms with van der Waals surface area (Å²) in [7, 11) is -3.40. The van der Waals surface area contributed by atoms with Crippen LogP contribution in [0.3, 0.4) is 0 Å². The quantitative estimate of drug-likeness (QED) is 0.350. The van der Waals surface area contributed by atoms with Gasteiger partial charge in [-0.1, -0.05) is 24.3 Å². The Bertz CT molecular complexity index is 1820. The van der Waals surface area contributed by atoms with Gasteiger partial charge in [-0.15, -0.1) is 0 Å². The SMILES string of the molecule is Cc1ccc(Nc2c(C)c(=O)oc3c(-c4cccc(CNS(C)(=O)=O)c4)c(C)n(C4CC4)c(=O)c23)c(F)c1. The number of pyridine rings is 1. The Morgan fingerprint density at radius 1 is 1.08 bits per heavy atom. The first kappa shape index (κ1) is 25.9. The average molecular weight is 538 g/mol. The van der Waals surface area contributed by atoms with Crippen molar-refractivity contribution in [1.29, 1.82) is 0 Å². The van der Waals surface area contributed by atoms with Gasteiger partial charge in [0.1, 0.15) is 11.2 Å². The molecule has 4 aromatic rings. The van der Waals surface area contributed by atoms with Gasteiger partial charge in [0.05, 0.1) is 23.2 Å². The summed E-state index contributed by atoms with van der Waals surface area (Å²) in [5.41, 5.74) is 2.92. The molecule has 2 aromatic carbocycles. The maximum Gasteiger partial charge on any atom is 0.341 e. The van der Waals surface area contributed by atoms with Gasteiger partial charge in [-0.05, 0) is 68.5 Å². The van der Waals surface area contributed by atoms with Crippen LogP contribution in [0.25, 0.3) is 22.1 Å². The van der Waals surface area contributed by atoms with Gasteiger partial charge in [0.15, 0.2) is 5.58 Å². The number of fused-ring (bicyclic) bond motifs is 1. The summed E-state index contributed by atoms with van der Waals surface area (Å²) in [6.07, 6.45) is 2.77. The zero-order valence-electron chi connectivity index (χ0n) is 21.5. The molecule has 0 bridgehead atoms. The number of anilines is 2. The fraction of sp³-hybridized carbons (Fsp3) is 0.286. The minimum atomic E-state index is -3.40. The van der Waals surface area contributed by atoms with E-state index in [-0.39, 0.29) is 46.1 Å². The van der Waals surface area contributed by atoms with E-state index < -0.39 is 21.5 Å². The first-order chi connectivity index (χ1) is 17.9. The predicted molar refractivity (Wildman–Crippen MR) is 146 cm³/mol. The Balaban J connectivity index is 1.79. The molecule has 1 aliphatic rings. The van der Waals surface area contributed by atoms with Crippen molar-refractivity contribution < 1.29 is 17.2 Å². The lowest BCUT2D eigenvalue weighted by Gasteiger charge is -2.19. The minimum Gasteiger partial charge on any atom is -0.421 e. The second-order valence-corrected chi connectivity index (χ2v) is 11.7. The number of hydrogen-bond acceptors (Lipinski definition) is 6. The van der Waals surface area contributed by atoms with Crippen molar-refractivity contribution in [2.24, 2.45) is 0 Å². The number of hydrogen-bond donors (Lipinski definition) is 2. The van der Waals surface area contributed by atoms with Crippen LogP contribution in [0.1, 0.15) is 41.3 Å².